The van der Waals surface area contributed by atoms with Crippen molar-refractivity contribution in [3.63, 3.8) is 0 Å². The maximum absolute atomic E-state index is 13.7. The summed E-state index contributed by atoms with van der Waals surface area (Å²) >= 11 is 0. The number of halogens is 4. The molecule has 0 radical (unpaired) electrons. The molecular formula is C23H42F4N2O2. The molecule has 0 aromatic heterocycles. The Morgan fingerprint density at radius 1 is 0.903 bits per heavy atom. The van der Waals surface area contributed by atoms with Crippen molar-refractivity contribution in [1.29, 1.82) is 0 Å². The van der Waals surface area contributed by atoms with Gasteiger partial charge in [-0.05, 0) is 43.9 Å². The van der Waals surface area contributed by atoms with Crippen LogP contribution in [0.3, 0.4) is 0 Å². The average molecular weight is 455 g/mol. The van der Waals surface area contributed by atoms with E-state index in [1.807, 2.05) is 0 Å². The van der Waals surface area contributed by atoms with Gasteiger partial charge in [-0.3, -0.25) is 0 Å². The zero-order valence-electron chi connectivity index (χ0n) is 19.0. The Balaban J connectivity index is 1.50. The van der Waals surface area contributed by atoms with Crippen LogP contribution >= 0.6 is 0 Å². The molecule has 8 heteroatoms. The van der Waals surface area contributed by atoms with Gasteiger partial charge in [0.1, 0.15) is 12.8 Å². The molecule has 2 rings (SSSR count). The third-order valence-electron chi connectivity index (χ3n) is 6.49. The molecule has 1 saturated heterocycles. The molecule has 0 aromatic carbocycles. The second kappa shape index (κ2) is 14.7. The van der Waals surface area contributed by atoms with E-state index in [-0.39, 0.29) is 12.7 Å². The van der Waals surface area contributed by atoms with Crippen molar-refractivity contribution in [2.45, 2.75) is 102 Å². The number of rotatable bonds is 14. The summed E-state index contributed by atoms with van der Waals surface area (Å²) in [7, 11) is 0. The predicted octanol–water partition coefficient (Wildman–Crippen LogP) is 5.36. The van der Waals surface area contributed by atoms with Gasteiger partial charge in [-0.2, -0.15) is 13.2 Å². The Bertz CT molecular complexity index is 451. The predicted molar refractivity (Wildman–Crippen MR) is 115 cm³/mol. The normalized spacial score (nSPS) is 28.5. The molecule has 1 saturated carbocycles. The zero-order chi connectivity index (χ0) is 22.5. The molecular weight excluding hydrogens is 412 g/mol. The zero-order valence-corrected chi connectivity index (χ0v) is 19.0. The molecule has 0 unspecified atom stereocenters. The largest absolute Gasteiger partial charge is 0.411 e. The Kier molecular flexibility index (Phi) is 12.7. The summed E-state index contributed by atoms with van der Waals surface area (Å²) in [6.45, 7) is 2.20. The van der Waals surface area contributed by atoms with E-state index in [2.05, 4.69) is 22.3 Å². The monoisotopic (exact) mass is 454 g/mol. The summed E-state index contributed by atoms with van der Waals surface area (Å²) < 4.78 is 59.6. The van der Waals surface area contributed by atoms with Crippen molar-refractivity contribution < 1.29 is 27.0 Å². The fourth-order valence-electron chi connectivity index (χ4n) is 4.66. The van der Waals surface area contributed by atoms with Crippen LogP contribution in [0.1, 0.15) is 77.6 Å². The fourth-order valence-corrected chi connectivity index (χ4v) is 4.66. The van der Waals surface area contributed by atoms with E-state index < -0.39 is 25.6 Å². The highest BCUT2D eigenvalue weighted by molar-refractivity contribution is 4.85. The Morgan fingerprint density at radius 3 is 2.19 bits per heavy atom. The van der Waals surface area contributed by atoms with Crippen molar-refractivity contribution >= 4 is 0 Å². The topological polar surface area (TPSA) is 42.5 Å². The lowest BCUT2D eigenvalue weighted by Gasteiger charge is -2.39. The van der Waals surface area contributed by atoms with Crippen LogP contribution in [0, 0.1) is 11.8 Å². The molecule has 184 valence electrons. The minimum absolute atomic E-state index is 0.0128. The average Bonchev–Trinajstić information content (AvgIpc) is 2.75. The number of hydrogen-bond donors (Lipinski definition) is 2. The van der Waals surface area contributed by atoms with Crippen LogP contribution in [-0.2, 0) is 9.47 Å². The molecule has 0 amide bonds. The van der Waals surface area contributed by atoms with Crippen molar-refractivity contribution in [1.82, 2.24) is 10.6 Å². The van der Waals surface area contributed by atoms with E-state index in [0.29, 0.717) is 18.0 Å². The van der Waals surface area contributed by atoms with Crippen LogP contribution in [-0.4, -0.2) is 57.5 Å². The first-order valence-electron chi connectivity index (χ1n) is 12.2. The molecule has 2 aliphatic rings. The molecule has 1 aliphatic carbocycles. The summed E-state index contributed by atoms with van der Waals surface area (Å²) in [4.78, 5) is 0. The third kappa shape index (κ3) is 11.8. The van der Waals surface area contributed by atoms with E-state index in [0.717, 1.165) is 38.8 Å². The van der Waals surface area contributed by atoms with Crippen LogP contribution in [0.2, 0.25) is 0 Å². The van der Waals surface area contributed by atoms with Gasteiger partial charge in [0.05, 0.1) is 25.5 Å². The van der Waals surface area contributed by atoms with Gasteiger partial charge in [-0.15, -0.1) is 0 Å². The van der Waals surface area contributed by atoms with E-state index in [9.17, 15) is 17.6 Å². The van der Waals surface area contributed by atoms with Crippen LogP contribution in [0.4, 0.5) is 17.6 Å². The SMILES string of the molecule is CCCCCCCCC1CNC(C2CCC(OC[C@H](F)COCC(F)(F)F)CC2)NC1. The maximum atomic E-state index is 13.7. The molecule has 1 aliphatic heterocycles. The second-order valence-corrected chi connectivity index (χ2v) is 9.31. The van der Waals surface area contributed by atoms with Crippen LogP contribution in [0.5, 0.6) is 0 Å². The highest BCUT2D eigenvalue weighted by atomic mass is 19.4. The summed E-state index contributed by atoms with van der Waals surface area (Å²) in [5.41, 5.74) is 0. The Morgan fingerprint density at radius 2 is 1.55 bits per heavy atom. The Labute approximate surface area is 185 Å². The first kappa shape index (κ1) is 26.8. The summed E-state index contributed by atoms with van der Waals surface area (Å²) in [5, 5.41) is 7.36. The standard InChI is InChI=1S/C23H42F4N2O2/c1-2-3-4-5-6-7-8-18-13-28-22(29-14-18)19-9-11-21(12-10-19)31-16-20(24)15-30-17-23(25,26)27/h18-22,28-29H,2-17H2,1H3/t18?,19?,20-,21?,22?/m1/s1. The minimum atomic E-state index is -4.42. The molecule has 4 nitrogen and oxygen atoms in total. The van der Waals surface area contributed by atoms with Gasteiger partial charge in [-0.25, -0.2) is 4.39 Å². The molecule has 1 heterocycles. The van der Waals surface area contributed by atoms with Gasteiger partial charge in [-0.1, -0.05) is 45.4 Å². The van der Waals surface area contributed by atoms with Crippen molar-refractivity contribution in [3.05, 3.63) is 0 Å². The van der Waals surface area contributed by atoms with E-state index in [4.69, 9.17) is 4.74 Å². The fraction of sp³-hybridized carbons (Fsp3) is 1.00. The summed E-state index contributed by atoms with van der Waals surface area (Å²) in [5.74, 6) is 1.26. The molecule has 0 spiro atoms. The number of ether oxygens (including phenoxy) is 2. The van der Waals surface area contributed by atoms with Crippen molar-refractivity contribution in [3.8, 4) is 0 Å². The number of nitrogens with one attached hydrogen (secondary N) is 2. The smallest absolute Gasteiger partial charge is 0.375 e. The van der Waals surface area contributed by atoms with E-state index >= 15 is 0 Å². The molecule has 0 aromatic rings. The molecule has 2 fully saturated rings. The van der Waals surface area contributed by atoms with Gasteiger partial charge in [0.2, 0.25) is 0 Å². The first-order chi connectivity index (χ1) is 14.9. The van der Waals surface area contributed by atoms with Crippen LogP contribution in [0.25, 0.3) is 0 Å². The van der Waals surface area contributed by atoms with Gasteiger partial charge in [0, 0.05) is 13.1 Å². The highest BCUT2D eigenvalue weighted by Crippen LogP contribution is 2.29. The molecule has 2 N–H and O–H groups in total. The van der Waals surface area contributed by atoms with Crippen molar-refractivity contribution in [2.24, 2.45) is 11.8 Å². The summed E-state index contributed by atoms with van der Waals surface area (Å²) in [6, 6.07) is 0. The number of alkyl halides is 4. The second-order valence-electron chi connectivity index (χ2n) is 9.31. The minimum Gasteiger partial charge on any atom is -0.375 e. The van der Waals surface area contributed by atoms with Crippen molar-refractivity contribution in [2.75, 3.05) is 32.9 Å². The molecule has 1 atom stereocenters. The number of unbranched alkanes of at least 4 members (excludes halogenated alkanes) is 5. The lowest BCUT2D eigenvalue weighted by atomic mass is 9.84. The van der Waals surface area contributed by atoms with Crippen LogP contribution < -0.4 is 10.6 Å². The lowest BCUT2D eigenvalue weighted by Crippen LogP contribution is -2.56. The van der Waals surface area contributed by atoms with Gasteiger partial charge < -0.3 is 20.1 Å². The number of hydrogen-bond acceptors (Lipinski definition) is 4. The van der Waals surface area contributed by atoms with E-state index in [1.165, 1.54) is 44.9 Å². The maximum Gasteiger partial charge on any atom is 0.411 e. The molecule has 0 bridgehead atoms. The molecule has 31 heavy (non-hydrogen) atoms. The van der Waals surface area contributed by atoms with Crippen LogP contribution in [0.15, 0.2) is 0 Å². The third-order valence-corrected chi connectivity index (χ3v) is 6.49. The van der Waals surface area contributed by atoms with Gasteiger partial charge >= 0.3 is 6.18 Å². The quantitative estimate of drug-likeness (QED) is 0.274. The van der Waals surface area contributed by atoms with Gasteiger partial charge in [0.25, 0.3) is 0 Å². The Hall–Kier alpha value is -0.440. The highest BCUT2D eigenvalue weighted by Gasteiger charge is 2.31. The first-order valence-corrected chi connectivity index (χ1v) is 12.2. The summed E-state index contributed by atoms with van der Waals surface area (Å²) in [6.07, 6.45) is 7.46. The van der Waals surface area contributed by atoms with E-state index in [1.54, 1.807) is 0 Å². The lowest BCUT2D eigenvalue weighted by molar-refractivity contribution is -0.178. The van der Waals surface area contributed by atoms with Gasteiger partial charge in [0.15, 0.2) is 0 Å².